The Hall–Kier alpha value is -2.93. The van der Waals surface area contributed by atoms with E-state index in [0.29, 0.717) is 39.7 Å². The van der Waals surface area contributed by atoms with Crippen molar-refractivity contribution in [3.05, 3.63) is 80.6 Å². The van der Waals surface area contributed by atoms with E-state index in [1.54, 1.807) is 21.2 Å². The van der Waals surface area contributed by atoms with Gasteiger partial charge in [0.1, 0.15) is 5.65 Å². The zero-order valence-corrected chi connectivity index (χ0v) is 15.9. The summed E-state index contributed by atoms with van der Waals surface area (Å²) < 4.78 is 3.20. The minimum atomic E-state index is -0.112. The van der Waals surface area contributed by atoms with Gasteiger partial charge in [-0.2, -0.15) is 0 Å². The average Bonchev–Trinajstić information content (AvgIpc) is 2.67. The van der Waals surface area contributed by atoms with E-state index in [1.165, 1.54) is 17.8 Å². The molecule has 0 amide bonds. The standard InChI is InChI=1S/C20H18N4O2S/c1-3-23-19(26)15-8-4-5-9-16(15)22-20(23)27-12-14-11-17(25)24-10-6-7-13(2)18(24)21-14/h4-11H,3,12H2,1-2H3. The number of rotatable bonds is 4. The van der Waals surface area contributed by atoms with Crippen LogP contribution in [0.2, 0.25) is 0 Å². The number of hydrogen-bond donors (Lipinski definition) is 0. The Morgan fingerprint density at radius 3 is 2.70 bits per heavy atom. The van der Waals surface area contributed by atoms with Gasteiger partial charge in [0.15, 0.2) is 5.16 Å². The molecule has 136 valence electrons. The lowest BCUT2D eigenvalue weighted by molar-refractivity contribution is 0.634. The summed E-state index contributed by atoms with van der Waals surface area (Å²) in [5, 5.41) is 1.24. The lowest BCUT2D eigenvalue weighted by Gasteiger charge is -2.11. The highest BCUT2D eigenvalue weighted by Crippen LogP contribution is 2.21. The molecule has 6 nitrogen and oxygen atoms in total. The Bertz CT molecular complexity index is 1280. The molecular formula is C20H18N4O2S. The molecule has 4 aromatic rings. The van der Waals surface area contributed by atoms with E-state index in [4.69, 9.17) is 0 Å². The molecule has 0 aliphatic carbocycles. The molecule has 27 heavy (non-hydrogen) atoms. The van der Waals surface area contributed by atoms with Gasteiger partial charge in [-0.25, -0.2) is 9.97 Å². The van der Waals surface area contributed by atoms with E-state index in [0.717, 1.165) is 5.56 Å². The summed E-state index contributed by atoms with van der Waals surface area (Å²) in [6.45, 7) is 4.39. The SMILES string of the molecule is CCn1c(SCc2cc(=O)n3cccc(C)c3n2)nc2ccccc2c1=O. The van der Waals surface area contributed by atoms with Gasteiger partial charge in [0.05, 0.1) is 16.6 Å². The fourth-order valence-corrected chi connectivity index (χ4v) is 4.01. The van der Waals surface area contributed by atoms with Crippen molar-refractivity contribution in [1.29, 1.82) is 0 Å². The van der Waals surface area contributed by atoms with Crippen molar-refractivity contribution in [2.75, 3.05) is 0 Å². The Labute approximate surface area is 159 Å². The van der Waals surface area contributed by atoms with Crippen molar-refractivity contribution in [2.24, 2.45) is 0 Å². The number of para-hydroxylation sites is 1. The predicted molar refractivity (Wildman–Crippen MR) is 107 cm³/mol. The van der Waals surface area contributed by atoms with Crippen LogP contribution in [0.25, 0.3) is 16.6 Å². The van der Waals surface area contributed by atoms with Crippen LogP contribution in [0.3, 0.4) is 0 Å². The van der Waals surface area contributed by atoms with Crippen molar-refractivity contribution < 1.29 is 0 Å². The molecule has 0 fully saturated rings. The maximum Gasteiger partial charge on any atom is 0.262 e. The first-order valence-corrected chi connectivity index (χ1v) is 9.67. The number of fused-ring (bicyclic) bond motifs is 2. The van der Waals surface area contributed by atoms with E-state index < -0.39 is 0 Å². The Morgan fingerprint density at radius 1 is 1.07 bits per heavy atom. The fourth-order valence-electron chi connectivity index (χ4n) is 3.06. The second-order valence-electron chi connectivity index (χ2n) is 6.22. The summed E-state index contributed by atoms with van der Waals surface area (Å²) in [5.74, 6) is 0.463. The topological polar surface area (TPSA) is 69.3 Å². The van der Waals surface area contributed by atoms with Gasteiger partial charge in [-0.3, -0.25) is 18.6 Å². The molecule has 4 rings (SSSR count). The van der Waals surface area contributed by atoms with Gasteiger partial charge in [-0.1, -0.05) is 30.0 Å². The molecule has 1 aromatic carbocycles. The van der Waals surface area contributed by atoms with Gasteiger partial charge in [-0.05, 0) is 37.6 Å². The van der Waals surface area contributed by atoms with Gasteiger partial charge in [-0.15, -0.1) is 0 Å². The van der Waals surface area contributed by atoms with Gasteiger partial charge in [0.2, 0.25) is 0 Å². The predicted octanol–water partition coefficient (Wildman–Crippen LogP) is 3.03. The average molecular weight is 378 g/mol. The zero-order valence-electron chi connectivity index (χ0n) is 15.0. The van der Waals surface area contributed by atoms with Gasteiger partial charge in [0.25, 0.3) is 11.1 Å². The Kier molecular flexibility index (Phi) is 4.53. The number of hydrogen-bond acceptors (Lipinski definition) is 5. The third-order valence-electron chi connectivity index (χ3n) is 4.43. The van der Waals surface area contributed by atoms with Crippen LogP contribution < -0.4 is 11.1 Å². The quantitative estimate of drug-likeness (QED) is 0.403. The van der Waals surface area contributed by atoms with Crippen LogP contribution in [0.4, 0.5) is 0 Å². The third kappa shape index (κ3) is 3.14. The van der Waals surface area contributed by atoms with Crippen LogP contribution in [0.15, 0.2) is 63.4 Å². The number of benzene rings is 1. The molecule has 0 aliphatic heterocycles. The van der Waals surface area contributed by atoms with Crippen LogP contribution >= 0.6 is 11.8 Å². The largest absolute Gasteiger partial charge is 0.287 e. The first-order valence-electron chi connectivity index (χ1n) is 8.69. The second-order valence-corrected chi connectivity index (χ2v) is 7.16. The molecule has 3 aromatic heterocycles. The lowest BCUT2D eigenvalue weighted by Crippen LogP contribution is -2.22. The monoisotopic (exact) mass is 378 g/mol. The van der Waals surface area contributed by atoms with Crippen LogP contribution in [-0.4, -0.2) is 18.9 Å². The highest BCUT2D eigenvalue weighted by molar-refractivity contribution is 7.98. The maximum atomic E-state index is 12.7. The van der Waals surface area contributed by atoms with Crippen molar-refractivity contribution in [3.63, 3.8) is 0 Å². The summed E-state index contributed by atoms with van der Waals surface area (Å²) in [5.41, 5.74) is 2.78. The molecule has 0 N–H and O–H groups in total. The normalized spacial score (nSPS) is 11.3. The number of aromatic nitrogens is 4. The maximum absolute atomic E-state index is 12.7. The van der Waals surface area contributed by atoms with Crippen molar-refractivity contribution in [1.82, 2.24) is 18.9 Å². The van der Waals surface area contributed by atoms with Crippen molar-refractivity contribution in [3.8, 4) is 0 Å². The van der Waals surface area contributed by atoms with Crippen molar-refractivity contribution in [2.45, 2.75) is 31.3 Å². The summed E-state index contributed by atoms with van der Waals surface area (Å²) in [6.07, 6.45) is 1.72. The molecule has 0 bridgehead atoms. The van der Waals surface area contributed by atoms with E-state index in [1.807, 2.05) is 44.2 Å². The first kappa shape index (κ1) is 17.5. The van der Waals surface area contributed by atoms with E-state index >= 15 is 0 Å². The van der Waals surface area contributed by atoms with E-state index in [9.17, 15) is 9.59 Å². The van der Waals surface area contributed by atoms with Gasteiger partial charge >= 0.3 is 0 Å². The second kappa shape index (κ2) is 7.00. The number of nitrogens with zero attached hydrogens (tertiary/aromatic N) is 4. The Balaban J connectivity index is 1.74. The molecule has 0 radical (unpaired) electrons. The number of thioether (sulfide) groups is 1. The van der Waals surface area contributed by atoms with E-state index in [-0.39, 0.29) is 11.1 Å². The first-order chi connectivity index (χ1) is 13.1. The van der Waals surface area contributed by atoms with E-state index in [2.05, 4.69) is 9.97 Å². The smallest absolute Gasteiger partial charge is 0.262 e. The fraction of sp³-hybridized carbons (Fsp3) is 0.200. The molecular weight excluding hydrogens is 360 g/mol. The minimum absolute atomic E-state index is 0.0482. The molecule has 0 aliphatic rings. The minimum Gasteiger partial charge on any atom is -0.287 e. The molecule has 0 unspecified atom stereocenters. The molecule has 3 heterocycles. The summed E-state index contributed by atoms with van der Waals surface area (Å²) in [6, 6.07) is 12.6. The van der Waals surface area contributed by atoms with Crippen LogP contribution in [0.5, 0.6) is 0 Å². The summed E-state index contributed by atoms with van der Waals surface area (Å²) >= 11 is 1.42. The zero-order chi connectivity index (χ0) is 19.0. The molecule has 0 atom stereocenters. The molecule has 0 spiro atoms. The summed E-state index contributed by atoms with van der Waals surface area (Å²) in [7, 11) is 0. The lowest BCUT2D eigenvalue weighted by atomic mass is 10.2. The highest BCUT2D eigenvalue weighted by Gasteiger charge is 2.12. The molecule has 0 saturated heterocycles. The van der Waals surface area contributed by atoms with Crippen LogP contribution in [0.1, 0.15) is 18.2 Å². The molecule has 0 saturated carbocycles. The molecule has 7 heteroatoms. The van der Waals surface area contributed by atoms with Crippen LogP contribution in [0, 0.1) is 6.92 Å². The van der Waals surface area contributed by atoms with Gasteiger partial charge in [0, 0.05) is 24.6 Å². The summed E-state index contributed by atoms with van der Waals surface area (Å²) in [4.78, 5) is 34.3. The van der Waals surface area contributed by atoms with Crippen LogP contribution in [-0.2, 0) is 12.3 Å². The number of pyridine rings is 1. The van der Waals surface area contributed by atoms with Gasteiger partial charge < -0.3 is 0 Å². The number of aryl methyl sites for hydroxylation is 1. The Morgan fingerprint density at radius 2 is 1.89 bits per heavy atom. The highest BCUT2D eigenvalue weighted by atomic mass is 32.2. The third-order valence-corrected chi connectivity index (χ3v) is 5.44. The van der Waals surface area contributed by atoms with Crippen molar-refractivity contribution >= 4 is 28.3 Å².